The topological polar surface area (TPSA) is 32.3 Å². The molecule has 0 saturated carbocycles. The number of thioether (sulfide) groups is 1. The Balaban J connectivity index is 1.74. The molecule has 0 aromatic heterocycles. The monoisotopic (exact) mass is 282 g/mol. The van der Waals surface area contributed by atoms with Crippen molar-refractivity contribution in [2.75, 3.05) is 37.7 Å². The van der Waals surface area contributed by atoms with Crippen molar-refractivity contribution in [3.8, 4) is 0 Å². The third-order valence-electron chi connectivity index (χ3n) is 2.93. The highest BCUT2D eigenvalue weighted by molar-refractivity contribution is 7.99. The third kappa shape index (κ3) is 4.23. The van der Waals surface area contributed by atoms with Crippen molar-refractivity contribution in [1.29, 1.82) is 0 Å². The summed E-state index contributed by atoms with van der Waals surface area (Å²) in [5.74, 6) is 2.39. The predicted molar refractivity (Wildman–Crippen MR) is 79.8 cm³/mol. The van der Waals surface area contributed by atoms with E-state index in [0.717, 1.165) is 24.5 Å². The molecule has 0 unspecified atom stereocenters. The van der Waals surface area contributed by atoms with Gasteiger partial charge in [-0.25, -0.2) is 0 Å². The van der Waals surface area contributed by atoms with Gasteiger partial charge < -0.3 is 5.32 Å². The van der Waals surface area contributed by atoms with Gasteiger partial charge in [-0.2, -0.15) is 11.8 Å². The van der Waals surface area contributed by atoms with Gasteiger partial charge in [0.05, 0.1) is 0 Å². The highest BCUT2D eigenvalue weighted by atomic mass is 32.2. The minimum Gasteiger partial charge on any atom is -0.351 e. The first-order valence-corrected chi connectivity index (χ1v) is 7.73. The molecule has 1 amide bonds. The Labute approximate surface area is 118 Å². The Hall–Kier alpha value is -0.650. The smallest absolute Gasteiger partial charge is 0.251 e. The lowest BCUT2D eigenvalue weighted by Crippen LogP contribution is -2.39. The fourth-order valence-electron chi connectivity index (χ4n) is 1.90. The first-order chi connectivity index (χ1) is 8.75. The third-order valence-corrected chi connectivity index (χ3v) is 4.15. The molecule has 1 aliphatic heterocycles. The fraction of sp³-hybridized carbons (Fsp3) is 0.462. The van der Waals surface area contributed by atoms with E-state index in [0.29, 0.717) is 12.1 Å². The van der Waals surface area contributed by atoms with Crippen molar-refractivity contribution in [2.45, 2.75) is 4.90 Å². The van der Waals surface area contributed by atoms with Gasteiger partial charge in [0.1, 0.15) is 0 Å². The van der Waals surface area contributed by atoms with Crippen LogP contribution < -0.4 is 5.32 Å². The van der Waals surface area contributed by atoms with Crippen molar-refractivity contribution in [2.24, 2.45) is 0 Å². The van der Waals surface area contributed by atoms with Gasteiger partial charge >= 0.3 is 0 Å². The molecule has 1 fully saturated rings. The lowest BCUT2D eigenvalue weighted by atomic mass is 10.2. The molecule has 0 aliphatic carbocycles. The maximum atomic E-state index is 11.9. The summed E-state index contributed by atoms with van der Waals surface area (Å²) >= 11 is 6.23. The average Bonchev–Trinajstić information content (AvgIpc) is 2.40. The molecule has 1 N–H and O–H groups in total. The van der Waals surface area contributed by atoms with Crippen LogP contribution in [0.15, 0.2) is 29.2 Å². The normalized spacial score (nSPS) is 16.5. The van der Waals surface area contributed by atoms with Crippen LogP contribution in [0.2, 0.25) is 0 Å². The summed E-state index contributed by atoms with van der Waals surface area (Å²) in [6, 6.07) is 7.31. The highest BCUT2D eigenvalue weighted by Gasteiger charge is 2.10. The average molecular weight is 282 g/mol. The van der Waals surface area contributed by atoms with Crippen LogP contribution in [0.1, 0.15) is 10.4 Å². The number of rotatable bonds is 4. The van der Waals surface area contributed by atoms with Gasteiger partial charge in [-0.05, 0) is 18.2 Å². The second kappa shape index (κ2) is 7.07. The first-order valence-electron chi connectivity index (χ1n) is 6.13. The molecule has 3 nitrogen and oxygen atoms in total. The Morgan fingerprint density at radius 1 is 1.39 bits per heavy atom. The van der Waals surface area contributed by atoms with Gasteiger partial charge in [0.25, 0.3) is 5.91 Å². The first kappa shape index (κ1) is 13.8. The number of hydrogen-bond donors (Lipinski definition) is 2. The quantitative estimate of drug-likeness (QED) is 0.825. The number of hydrogen-bond acceptors (Lipinski definition) is 4. The van der Waals surface area contributed by atoms with Gasteiger partial charge in [0.2, 0.25) is 0 Å². The van der Waals surface area contributed by atoms with E-state index in [1.165, 1.54) is 11.5 Å². The standard InChI is InChI=1S/C13H18N2OS2/c16-13(11-2-1-3-12(17)10-11)14-4-5-15-6-8-18-9-7-15/h1-3,10,17H,4-9H2,(H,14,16). The van der Waals surface area contributed by atoms with Crippen LogP contribution >= 0.6 is 24.4 Å². The number of carbonyl (C=O) groups is 1. The minimum absolute atomic E-state index is 0.0164. The molecular formula is C13H18N2OS2. The minimum atomic E-state index is -0.0164. The SMILES string of the molecule is O=C(NCCN1CCSCC1)c1cccc(S)c1. The molecule has 0 spiro atoms. The number of benzene rings is 1. The molecule has 18 heavy (non-hydrogen) atoms. The zero-order valence-corrected chi connectivity index (χ0v) is 12.0. The molecule has 5 heteroatoms. The molecular weight excluding hydrogens is 264 g/mol. The maximum absolute atomic E-state index is 11.9. The summed E-state index contributed by atoms with van der Waals surface area (Å²) in [4.78, 5) is 15.1. The predicted octanol–water partition coefficient (Wildman–Crippen LogP) is 1.75. The Morgan fingerprint density at radius 3 is 2.89 bits per heavy atom. The van der Waals surface area contributed by atoms with Crippen LogP contribution in [0.25, 0.3) is 0 Å². The number of nitrogens with zero attached hydrogens (tertiary/aromatic N) is 1. The van der Waals surface area contributed by atoms with E-state index in [1.807, 2.05) is 30.0 Å². The van der Waals surface area contributed by atoms with Gasteiger partial charge in [0.15, 0.2) is 0 Å². The lowest BCUT2D eigenvalue weighted by Gasteiger charge is -2.25. The molecule has 0 atom stereocenters. The molecule has 1 aromatic carbocycles. The van der Waals surface area contributed by atoms with E-state index in [1.54, 1.807) is 6.07 Å². The number of thiol groups is 1. The molecule has 2 rings (SSSR count). The Kier molecular flexibility index (Phi) is 5.41. The molecule has 1 aromatic rings. The second-order valence-electron chi connectivity index (χ2n) is 4.26. The molecule has 0 bridgehead atoms. The van der Waals surface area contributed by atoms with Gasteiger partial charge in [-0.15, -0.1) is 12.6 Å². The number of carbonyl (C=O) groups excluding carboxylic acids is 1. The summed E-state index contributed by atoms with van der Waals surface area (Å²) in [7, 11) is 0. The van der Waals surface area contributed by atoms with Crippen LogP contribution in [-0.2, 0) is 0 Å². The summed E-state index contributed by atoms with van der Waals surface area (Å²) in [6.45, 7) is 3.91. The van der Waals surface area contributed by atoms with Crippen LogP contribution in [0.4, 0.5) is 0 Å². The Morgan fingerprint density at radius 2 is 2.17 bits per heavy atom. The largest absolute Gasteiger partial charge is 0.351 e. The van der Waals surface area contributed by atoms with Crippen LogP contribution in [0.5, 0.6) is 0 Å². The van der Waals surface area contributed by atoms with Crippen LogP contribution in [-0.4, -0.2) is 48.5 Å². The Bertz CT molecular complexity index is 406. The van der Waals surface area contributed by atoms with Crippen LogP contribution in [0, 0.1) is 0 Å². The van der Waals surface area contributed by atoms with Gasteiger partial charge in [-0.1, -0.05) is 6.07 Å². The zero-order valence-electron chi connectivity index (χ0n) is 10.3. The molecule has 1 aliphatic rings. The van der Waals surface area contributed by atoms with E-state index >= 15 is 0 Å². The number of nitrogens with one attached hydrogen (secondary N) is 1. The van der Waals surface area contributed by atoms with Gasteiger partial charge in [-0.3, -0.25) is 9.69 Å². The van der Waals surface area contributed by atoms with Crippen molar-refractivity contribution < 1.29 is 4.79 Å². The second-order valence-corrected chi connectivity index (χ2v) is 6.00. The molecule has 0 radical (unpaired) electrons. The summed E-state index contributed by atoms with van der Waals surface area (Å²) < 4.78 is 0. The molecule has 98 valence electrons. The van der Waals surface area contributed by atoms with Crippen molar-refractivity contribution in [3.05, 3.63) is 29.8 Å². The van der Waals surface area contributed by atoms with Crippen molar-refractivity contribution in [1.82, 2.24) is 10.2 Å². The van der Waals surface area contributed by atoms with Gasteiger partial charge in [0, 0.05) is 48.1 Å². The summed E-state index contributed by atoms with van der Waals surface area (Å²) in [5, 5.41) is 2.95. The van der Waals surface area contributed by atoms with Crippen molar-refractivity contribution >= 4 is 30.3 Å². The van der Waals surface area contributed by atoms with E-state index < -0.39 is 0 Å². The molecule has 1 saturated heterocycles. The van der Waals surface area contributed by atoms with E-state index in [4.69, 9.17) is 0 Å². The number of amides is 1. The fourth-order valence-corrected chi connectivity index (χ4v) is 3.11. The van der Waals surface area contributed by atoms with Crippen molar-refractivity contribution in [3.63, 3.8) is 0 Å². The van der Waals surface area contributed by atoms with Crippen LogP contribution in [0.3, 0.4) is 0 Å². The molecule has 1 heterocycles. The lowest BCUT2D eigenvalue weighted by molar-refractivity contribution is 0.0948. The highest BCUT2D eigenvalue weighted by Crippen LogP contribution is 2.09. The van der Waals surface area contributed by atoms with E-state index in [9.17, 15) is 4.79 Å². The van der Waals surface area contributed by atoms with E-state index in [-0.39, 0.29) is 5.91 Å². The summed E-state index contributed by atoms with van der Waals surface area (Å²) in [6.07, 6.45) is 0. The maximum Gasteiger partial charge on any atom is 0.251 e. The van der Waals surface area contributed by atoms with E-state index in [2.05, 4.69) is 22.8 Å². The zero-order chi connectivity index (χ0) is 12.8. The summed E-state index contributed by atoms with van der Waals surface area (Å²) in [5.41, 5.74) is 0.677.